The first kappa shape index (κ1) is 18.6. The number of likely N-dealkylation sites (tertiary alicyclic amines) is 1. The zero-order chi connectivity index (χ0) is 19.5. The Bertz CT molecular complexity index is 869. The highest BCUT2D eigenvalue weighted by molar-refractivity contribution is 6.01. The maximum atomic E-state index is 12.9. The molecule has 0 bridgehead atoms. The Balaban J connectivity index is 1.44. The van der Waals surface area contributed by atoms with Crippen molar-refractivity contribution in [2.45, 2.75) is 31.9 Å². The molecule has 0 saturated carbocycles. The van der Waals surface area contributed by atoms with Crippen LogP contribution in [-0.2, 0) is 17.7 Å². The Kier molecular flexibility index (Phi) is 5.39. The predicted molar refractivity (Wildman–Crippen MR) is 105 cm³/mol. The van der Waals surface area contributed by atoms with Gasteiger partial charge in [-0.05, 0) is 60.7 Å². The molecule has 2 aromatic rings. The first-order valence-electron chi connectivity index (χ1n) is 9.79. The average Bonchev–Trinajstić information content (AvgIpc) is 3.07. The van der Waals surface area contributed by atoms with Crippen LogP contribution in [0.15, 0.2) is 42.7 Å². The van der Waals surface area contributed by atoms with Gasteiger partial charge in [-0.2, -0.15) is 0 Å². The van der Waals surface area contributed by atoms with Crippen molar-refractivity contribution in [3.8, 4) is 0 Å². The van der Waals surface area contributed by atoms with Crippen molar-refractivity contribution >= 4 is 11.8 Å². The van der Waals surface area contributed by atoms with Crippen LogP contribution in [0.5, 0.6) is 0 Å². The third kappa shape index (κ3) is 3.78. The maximum Gasteiger partial charge on any atom is 0.254 e. The van der Waals surface area contributed by atoms with Gasteiger partial charge in [0.2, 0.25) is 0 Å². The minimum absolute atomic E-state index is 0.0206. The SMILES string of the molecule is COC1CCCN(C(=O)c2ccc3c(c2)CN(CCc2ccncc2)C3=O)C1. The summed E-state index contributed by atoms with van der Waals surface area (Å²) in [6.45, 7) is 2.60. The van der Waals surface area contributed by atoms with Gasteiger partial charge in [0, 0.05) is 56.8 Å². The smallest absolute Gasteiger partial charge is 0.254 e. The predicted octanol–water partition coefficient (Wildman–Crippen LogP) is 2.53. The monoisotopic (exact) mass is 379 g/mol. The molecule has 0 radical (unpaired) electrons. The molecule has 6 heteroatoms. The molecule has 1 fully saturated rings. The number of hydrogen-bond acceptors (Lipinski definition) is 4. The van der Waals surface area contributed by atoms with Gasteiger partial charge in [-0.25, -0.2) is 0 Å². The van der Waals surface area contributed by atoms with E-state index >= 15 is 0 Å². The lowest BCUT2D eigenvalue weighted by atomic mass is 10.0. The number of carbonyl (C=O) groups is 2. The Morgan fingerprint density at radius 3 is 2.86 bits per heavy atom. The molecular weight excluding hydrogens is 354 g/mol. The second kappa shape index (κ2) is 8.10. The van der Waals surface area contributed by atoms with Crippen LogP contribution < -0.4 is 0 Å². The molecule has 28 heavy (non-hydrogen) atoms. The molecule has 1 aromatic carbocycles. The highest BCUT2D eigenvalue weighted by Gasteiger charge is 2.29. The summed E-state index contributed by atoms with van der Waals surface area (Å²) in [5, 5.41) is 0. The highest BCUT2D eigenvalue weighted by atomic mass is 16.5. The fourth-order valence-electron chi connectivity index (χ4n) is 4.01. The molecule has 146 valence electrons. The highest BCUT2D eigenvalue weighted by Crippen LogP contribution is 2.25. The van der Waals surface area contributed by atoms with Gasteiger partial charge in [-0.15, -0.1) is 0 Å². The maximum absolute atomic E-state index is 12.9. The first-order valence-corrected chi connectivity index (χ1v) is 9.79. The third-order valence-electron chi connectivity index (χ3n) is 5.65. The number of pyridine rings is 1. The summed E-state index contributed by atoms with van der Waals surface area (Å²) in [6.07, 6.45) is 6.38. The van der Waals surface area contributed by atoms with Crippen LogP contribution >= 0.6 is 0 Å². The number of hydrogen-bond donors (Lipinski definition) is 0. The van der Waals surface area contributed by atoms with E-state index in [4.69, 9.17) is 4.74 Å². The number of piperidine rings is 1. The van der Waals surface area contributed by atoms with E-state index in [1.165, 1.54) is 0 Å². The summed E-state index contributed by atoms with van der Waals surface area (Å²) in [5.74, 6) is 0.0627. The quantitative estimate of drug-likeness (QED) is 0.801. The van der Waals surface area contributed by atoms with Crippen molar-refractivity contribution in [1.29, 1.82) is 0 Å². The molecule has 6 nitrogen and oxygen atoms in total. The Labute approximate surface area is 165 Å². The minimum Gasteiger partial charge on any atom is -0.380 e. The number of benzene rings is 1. The van der Waals surface area contributed by atoms with E-state index in [1.807, 2.05) is 28.0 Å². The van der Waals surface area contributed by atoms with Gasteiger partial charge in [-0.3, -0.25) is 14.6 Å². The van der Waals surface area contributed by atoms with Crippen LogP contribution in [0.2, 0.25) is 0 Å². The second-order valence-corrected chi connectivity index (χ2v) is 7.46. The van der Waals surface area contributed by atoms with Crippen molar-refractivity contribution in [3.63, 3.8) is 0 Å². The van der Waals surface area contributed by atoms with E-state index in [0.717, 1.165) is 36.9 Å². The van der Waals surface area contributed by atoms with Crippen molar-refractivity contribution in [2.24, 2.45) is 0 Å². The van der Waals surface area contributed by atoms with Gasteiger partial charge in [0.25, 0.3) is 11.8 Å². The number of rotatable bonds is 5. The normalized spacial score (nSPS) is 19.0. The molecule has 0 N–H and O–H groups in total. The molecule has 2 aliphatic rings. The Hall–Kier alpha value is -2.73. The lowest BCUT2D eigenvalue weighted by Crippen LogP contribution is -2.42. The van der Waals surface area contributed by atoms with E-state index in [-0.39, 0.29) is 17.9 Å². The van der Waals surface area contributed by atoms with Crippen molar-refractivity contribution in [3.05, 3.63) is 65.0 Å². The molecular formula is C22H25N3O3. The largest absolute Gasteiger partial charge is 0.380 e. The molecule has 1 unspecified atom stereocenters. The van der Waals surface area contributed by atoms with Gasteiger partial charge in [0.15, 0.2) is 0 Å². The molecule has 3 heterocycles. The third-order valence-corrected chi connectivity index (χ3v) is 5.65. The van der Waals surface area contributed by atoms with Gasteiger partial charge in [0.1, 0.15) is 0 Å². The van der Waals surface area contributed by atoms with E-state index in [2.05, 4.69) is 4.98 Å². The lowest BCUT2D eigenvalue weighted by molar-refractivity contribution is 0.0269. The molecule has 1 aromatic heterocycles. The van der Waals surface area contributed by atoms with Crippen molar-refractivity contribution in [2.75, 3.05) is 26.7 Å². The van der Waals surface area contributed by atoms with E-state index in [9.17, 15) is 9.59 Å². The summed E-state index contributed by atoms with van der Waals surface area (Å²) in [4.78, 5) is 33.3. The summed E-state index contributed by atoms with van der Waals surface area (Å²) in [7, 11) is 1.69. The molecule has 2 amide bonds. The van der Waals surface area contributed by atoms with Gasteiger partial charge in [-0.1, -0.05) is 0 Å². The number of ether oxygens (including phenoxy) is 1. The number of nitrogens with zero attached hydrogens (tertiary/aromatic N) is 3. The van der Waals surface area contributed by atoms with E-state index in [0.29, 0.717) is 30.8 Å². The summed E-state index contributed by atoms with van der Waals surface area (Å²) in [6, 6.07) is 9.40. The van der Waals surface area contributed by atoms with E-state index in [1.54, 1.807) is 31.6 Å². The zero-order valence-electron chi connectivity index (χ0n) is 16.1. The molecule has 2 aliphatic heterocycles. The Morgan fingerprint density at radius 1 is 1.25 bits per heavy atom. The number of aromatic nitrogens is 1. The van der Waals surface area contributed by atoms with Crippen LogP contribution in [-0.4, -0.2) is 59.4 Å². The Morgan fingerprint density at radius 2 is 2.07 bits per heavy atom. The summed E-state index contributed by atoms with van der Waals surface area (Å²) < 4.78 is 5.42. The zero-order valence-corrected chi connectivity index (χ0v) is 16.1. The van der Waals surface area contributed by atoms with Crippen LogP contribution in [0, 0.1) is 0 Å². The molecule has 1 atom stereocenters. The minimum atomic E-state index is 0.0206. The summed E-state index contributed by atoms with van der Waals surface area (Å²) >= 11 is 0. The van der Waals surface area contributed by atoms with Gasteiger partial charge >= 0.3 is 0 Å². The fraction of sp³-hybridized carbons (Fsp3) is 0.409. The summed E-state index contributed by atoms with van der Waals surface area (Å²) in [5.41, 5.74) is 3.46. The second-order valence-electron chi connectivity index (χ2n) is 7.46. The molecule has 0 spiro atoms. The van der Waals surface area contributed by atoms with Crippen LogP contribution in [0.3, 0.4) is 0 Å². The fourth-order valence-corrected chi connectivity index (χ4v) is 4.01. The molecule has 4 rings (SSSR count). The van der Waals surface area contributed by atoms with Crippen LogP contribution in [0.25, 0.3) is 0 Å². The first-order chi connectivity index (χ1) is 13.7. The van der Waals surface area contributed by atoms with Gasteiger partial charge < -0.3 is 14.5 Å². The molecule has 0 aliphatic carbocycles. The standard InChI is InChI=1S/C22H25N3O3/c1-28-19-3-2-11-24(15-19)21(26)17-4-5-20-18(13-17)14-25(22(20)27)12-8-16-6-9-23-10-7-16/h4-7,9-10,13,19H,2-3,8,11-12,14-15H2,1H3. The van der Waals surface area contributed by atoms with Crippen LogP contribution in [0.1, 0.15) is 44.7 Å². The average molecular weight is 379 g/mol. The lowest BCUT2D eigenvalue weighted by Gasteiger charge is -2.32. The van der Waals surface area contributed by atoms with Crippen molar-refractivity contribution in [1.82, 2.24) is 14.8 Å². The topological polar surface area (TPSA) is 62.7 Å². The number of methoxy groups -OCH3 is 1. The molecule has 1 saturated heterocycles. The van der Waals surface area contributed by atoms with Crippen LogP contribution in [0.4, 0.5) is 0 Å². The number of amides is 2. The van der Waals surface area contributed by atoms with E-state index < -0.39 is 0 Å². The number of carbonyl (C=O) groups excluding carboxylic acids is 2. The van der Waals surface area contributed by atoms with Gasteiger partial charge in [0.05, 0.1) is 6.10 Å². The number of fused-ring (bicyclic) bond motifs is 1. The van der Waals surface area contributed by atoms with Crippen molar-refractivity contribution < 1.29 is 14.3 Å².